The third-order valence-corrected chi connectivity index (χ3v) is 9.86. The summed E-state index contributed by atoms with van der Waals surface area (Å²) in [6.07, 6.45) is 6.36. The van der Waals surface area contributed by atoms with Gasteiger partial charge in [-0.1, -0.05) is 0 Å². The van der Waals surface area contributed by atoms with Gasteiger partial charge in [0, 0.05) is 55.0 Å². The minimum Gasteiger partial charge on any atom is -0.463 e. The number of aryl methyl sites for hydroxylation is 2. The second-order valence-electron chi connectivity index (χ2n) is 11.4. The molecule has 7 rings (SSSR count). The quantitative estimate of drug-likeness (QED) is 0.448. The molecule has 1 saturated carbocycles. The van der Waals surface area contributed by atoms with E-state index in [1.807, 2.05) is 4.57 Å². The van der Waals surface area contributed by atoms with Crippen LogP contribution >= 0.6 is 11.3 Å². The van der Waals surface area contributed by atoms with Crippen LogP contribution in [0.1, 0.15) is 41.7 Å². The molecule has 2 aliphatic carbocycles. The Morgan fingerprint density at radius 3 is 2.72 bits per heavy atom. The molecule has 2 N–H and O–H groups in total. The third kappa shape index (κ3) is 4.18. The second kappa shape index (κ2) is 9.33. The van der Waals surface area contributed by atoms with Gasteiger partial charge in [0.05, 0.1) is 44.2 Å². The molecule has 12 heteroatoms. The number of nitrogen functional groups attached to an aromatic ring is 1. The van der Waals surface area contributed by atoms with E-state index in [0.29, 0.717) is 47.3 Å². The minimum absolute atomic E-state index is 0.0770. The fraction of sp³-hybridized carbons (Fsp3) is 0.593. The van der Waals surface area contributed by atoms with Crippen molar-refractivity contribution in [1.82, 2.24) is 24.4 Å². The lowest BCUT2D eigenvalue weighted by molar-refractivity contribution is 0.0231. The van der Waals surface area contributed by atoms with E-state index in [0.717, 1.165) is 83.0 Å². The molecule has 1 spiro atoms. The summed E-state index contributed by atoms with van der Waals surface area (Å²) >= 11 is 1.56. The topological polar surface area (TPSA) is 142 Å². The first-order chi connectivity index (χ1) is 19.0. The van der Waals surface area contributed by atoms with Crippen LogP contribution in [0.25, 0.3) is 11.2 Å². The zero-order chi connectivity index (χ0) is 26.6. The molecule has 202 valence electrons. The van der Waals surface area contributed by atoms with Gasteiger partial charge >= 0.3 is 6.01 Å². The second-order valence-corrected chi connectivity index (χ2v) is 12.5. The molecule has 4 aliphatic rings. The molecule has 5 heterocycles. The molecule has 3 aromatic heterocycles. The maximum absolute atomic E-state index is 9.77. The molecule has 39 heavy (non-hydrogen) atoms. The van der Waals surface area contributed by atoms with Crippen molar-refractivity contribution in [2.75, 3.05) is 63.2 Å². The third-order valence-electron chi connectivity index (χ3n) is 8.78. The van der Waals surface area contributed by atoms with Gasteiger partial charge in [0.15, 0.2) is 17.0 Å². The predicted molar refractivity (Wildman–Crippen MR) is 146 cm³/mol. The van der Waals surface area contributed by atoms with Crippen LogP contribution in [0.15, 0.2) is 6.33 Å². The summed E-state index contributed by atoms with van der Waals surface area (Å²) in [4.78, 5) is 20.2. The number of anilines is 2. The number of morpholine rings is 1. The van der Waals surface area contributed by atoms with Gasteiger partial charge in [-0.25, -0.2) is 4.98 Å². The van der Waals surface area contributed by atoms with E-state index in [1.165, 1.54) is 4.88 Å². The number of nitrogens with zero attached hydrogens (tertiary/aromatic N) is 8. The molecule has 0 radical (unpaired) electrons. The Morgan fingerprint density at radius 2 is 1.97 bits per heavy atom. The number of imidazole rings is 1. The average molecular weight is 546 g/mol. The van der Waals surface area contributed by atoms with Crippen molar-refractivity contribution in [3.8, 4) is 18.1 Å². The number of hydrogen-bond donors (Lipinski definition) is 1. The van der Waals surface area contributed by atoms with Gasteiger partial charge < -0.3 is 24.7 Å². The van der Waals surface area contributed by atoms with E-state index in [4.69, 9.17) is 30.4 Å². The number of fused-ring (bicyclic) bond motifs is 3. The van der Waals surface area contributed by atoms with Crippen LogP contribution in [-0.4, -0.2) is 77.0 Å². The van der Waals surface area contributed by atoms with Crippen LogP contribution in [0.4, 0.5) is 10.8 Å². The van der Waals surface area contributed by atoms with E-state index < -0.39 is 0 Å². The van der Waals surface area contributed by atoms with Crippen LogP contribution in [0, 0.1) is 28.1 Å². The molecular formula is C27H31N9O2S. The standard InChI is InChI=1S/C27H31N9O2S/c28-6-1-7-35-17-31-21-23(35)32-25(38-16-26(4-5-26)13-34-8-10-37-11-9-34)33-24(21)36-14-27(15-36)3-2-19-20(27)18(12-29)22(30)39-19/h17H,1-5,7-11,13-16,30H2. The van der Waals surface area contributed by atoms with Crippen molar-refractivity contribution in [1.29, 1.82) is 10.5 Å². The Labute approximate surface area is 230 Å². The Morgan fingerprint density at radius 1 is 1.15 bits per heavy atom. The summed E-state index contributed by atoms with van der Waals surface area (Å²) in [7, 11) is 0. The van der Waals surface area contributed by atoms with Gasteiger partial charge in [0.25, 0.3) is 0 Å². The Kier molecular flexibility index (Phi) is 5.88. The van der Waals surface area contributed by atoms with Crippen LogP contribution < -0.4 is 15.4 Å². The summed E-state index contributed by atoms with van der Waals surface area (Å²) in [5.74, 6) is 0.754. The monoisotopic (exact) mass is 545 g/mol. The van der Waals surface area contributed by atoms with E-state index in [1.54, 1.807) is 17.7 Å². The lowest BCUT2D eigenvalue weighted by atomic mass is 9.74. The largest absolute Gasteiger partial charge is 0.463 e. The lowest BCUT2D eigenvalue weighted by Gasteiger charge is -2.49. The molecule has 0 unspecified atom stereocenters. The van der Waals surface area contributed by atoms with Gasteiger partial charge in [0.2, 0.25) is 0 Å². The predicted octanol–water partition coefficient (Wildman–Crippen LogP) is 2.45. The molecule has 11 nitrogen and oxygen atoms in total. The van der Waals surface area contributed by atoms with Crippen molar-refractivity contribution < 1.29 is 9.47 Å². The Hall–Kier alpha value is -3.45. The summed E-state index contributed by atoms with van der Waals surface area (Å²) in [6.45, 7) is 7.12. The van der Waals surface area contributed by atoms with Crippen molar-refractivity contribution in [3.63, 3.8) is 0 Å². The maximum atomic E-state index is 9.77. The highest BCUT2D eigenvalue weighted by Crippen LogP contribution is 2.53. The lowest BCUT2D eigenvalue weighted by Crippen LogP contribution is -2.59. The zero-order valence-electron chi connectivity index (χ0n) is 21.9. The smallest absolute Gasteiger partial charge is 0.320 e. The molecule has 2 aliphatic heterocycles. The first-order valence-corrected chi connectivity index (χ1v) is 14.4. The molecule has 3 aromatic rings. The van der Waals surface area contributed by atoms with E-state index in [9.17, 15) is 5.26 Å². The number of rotatable bonds is 8. The van der Waals surface area contributed by atoms with Gasteiger partial charge in [-0.15, -0.1) is 11.3 Å². The van der Waals surface area contributed by atoms with Gasteiger partial charge in [0.1, 0.15) is 11.1 Å². The number of nitrogens with two attached hydrogens (primary N) is 1. The summed E-state index contributed by atoms with van der Waals surface area (Å²) in [6, 6.07) is 4.92. The van der Waals surface area contributed by atoms with Gasteiger partial charge in [-0.3, -0.25) is 4.90 Å². The number of aromatic nitrogens is 4. The normalized spacial score (nSPS) is 20.9. The highest BCUT2D eigenvalue weighted by molar-refractivity contribution is 7.16. The van der Waals surface area contributed by atoms with E-state index >= 15 is 0 Å². The highest BCUT2D eigenvalue weighted by atomic mass is 32.1. The van der Waals surface area contributed by atoms with Crippen molar-refractivity contribution >= 4 is 33.3 Å². The Bertz CT molecular complexity index is 1500. The van der Waals surface area contributed by atoms with Crippen molar-refractivity contribution in [2.45, 2.75) is 44.1 Å². The van der Waals surface area contributed by atoms with Crippen LogP contribution in [0.2, 0.25) is 0 Å². The summed E-state index contributed by atoms with van der Waals surface area (Å²) in [5, 5.41) is 19.5. The first kappa shape index (κ1) is 24.6. The van der Waals surface area contributed by atoms with Crippen molar-refractivity contribution in [2.24, 2.45) is 5.41 Å². The van der Waals surface area contributed by atoms with Gasteiger partial charge in [-0.05, 0) is 31.2 Å². The highest BCUT2D eigenvalue weighted by Gasteiger charge is 2.52. The molecule has 0 atom stereocenters. The fourth-order valence-electron chi connectivity index (χ4n) is 6.48. The zero-order valence-corrected chi connectivity index (χ0v) is 22.7. The number of ether oxygens (including phenoxy) is 2. The number of nitriles is 2. The SMILES string of the molecule is N#CCCn1cnc2c(N3CC4(CCc5sc(N)c(C#N)c54)C3)nc(OCC3(CN4CCOCC4)CC3)nc21. The maximum Gasteiger partial charge on any atom is 0.320 e. The summed E-state index contributed by atoms with van der Waals surface area (Å²) < 4.78 is 13.7. The first-order valence-electron chi connectivity index (χ1n) is 13.6. The van der Waals surface area contributed by atoms with Crippen molar-refractivity contribution in [3.05, 3.63) is 22.3 Å². The Balaban J connectivity index is 1.15. The fourth-order valence-corrected chi connectivity index (χ4v) is 7.62. The number of hydrogen-bond acceptors (Lipinski definition) is 11. The van der Waals surface area contributed by atoms with Crippen LogP contribution in [-0.2, 0) is 23.1 Å². The molecule has 0 aromatic carbocycles. The average Bonchev–Trinajstić information content (AvgIpc) is 3.24. The van der Waals surface area contributed by atoms with E-state index in [-0.39, 0.29) is 10.8 Å². The van der Waals surface area contributed by atoms with E-state index in [2.05, 4.69) is 26.9 Å². The molecule has 0 bridgehead atoms. The number of thiophene rings is 1. The molecule has 2 saturated heterocycles. The molecular weight excluding hydrogens is 514 g/mol. The van der Waals surface area contributed by atoms with Crippen LogP contribution in [0.3, 0.4) is 0 Å². The van der Waals surface area contributed by atoms with Crippen LogP contribution in [0.5, 0.6) is 6.01 Å². The minimum atomic E-state index is -0.0770. The summed E-state index contributed by atoms with van der Waals surface area (Å²) in [5.41, 5.74) is 9.44. The molecule has 0 amide bonds. The van der Waals surface area contributed by atoms with Gasteiger partial charge in [-0.2, -0.15) is 20.5 Å². The molecule has 3 fully saturated rings.